The molecule has 1 amide bonds. The number of carbonyl (C=O) groups excluding carboxylic acids is 1. The van der Waals surface area contributed by atoms with Crippen LogP contribution in [-0.2, 0) is 10.2 Å². The molecule has 0 bridgehead atoms. The molecule has 27 heavy (non-hydrogen) atoms. The molecule has 0 unspecified atom stereocenters. The summed E-state index contributed by atoms with van der Waals surface area (Å²) in [4.78, 5) is 23.4. The van der Waals surface area contributed by atoms with E-state index < -0.39 is 23.9 Å². The van der Waals surface area contributed by atoms with Crippen LogP contribution in [0.3, 0.4) is 0 Å². The van der Waals surface area contributed by atoms with Crippen molar-refractivity contribution >= 4 is 33.6 Å². The largest absolute Gasteiger partial charge is 0.481 e. The molecule has 0 spiro atoms. The molecular weight excluding hydrogens is 419 g/mol. The fourth-order valence-corrected chi connectivity index (χ4v) is 3.18. The van der Waals surface area contributed by atoms with Crippen molar-refractivity contribution in [2.75, 3.05) is 6.61 Å². The normalized spacial score (nSPS) is 14.3. The van der Waals surface area contributed by atoms with E-state index in [4.69, 9.17) is 15.3 Å². The first-order valence-electron chi connectivity index (χ1n) is 8.12. The zero-order chi connectivity index (χ0) is 19.6. The Bertz CT molecular complexity index is 910. The third-order valence-electron chi connectivity index (χ3n) is 4.40. The molecule has 6 nitrogen and oxygen atoms in total. The van der Waals surface area contributed by atoms with Crippen LogP contribution in [0, 0.1) is 11.2 Å². The van der Waals surface area contributed by atoms with E-state index in [0.29, 0.717) is 17.3 Å². The molecule has 0 aliphatic heterocycles. The number of rotatable bonds is 6. The first-order chi connectivity index (χ1) is 12.8. The van der Waals surface area contributed by atoms with Crippen molar-refractivity contribution in [1.29, 1.82) is 5.41 Å². The monoisotopic (exact) mass is 434 g/mol. The third kappa shape index (κ3) is 4.16. The number of ether oxygens (including phenoxy) is 1. The number of carboxylic acid groups (broad SMARTS) is 1. The number of aliphatic carboxylic acids is 1. The fourth-order valence-electron chi connectivity index (χ4n) is 2.82. The highest BCUT2D eigenvalue weighted by molar-refractivity contribution is 9.10. The van der Waals surface area contributed by atoms with E-state index in [9.17, 15) is 14.0 Å². The van der Waals surface area contributed by atoms with Crippen LogP contribution in [0.1, 0.15) is 28.8 Å². The predicted octanol–water partition coefficient (Wildman–Crippen LogP) is 3.49. The van der Waals surface area contributed by atoms with Crippen molar-refractivity contribution in [3.05, 3.63) is 63.9 Å². The molecule has 0 saturated heterocycles. The van der Waals surface area contributed by atoms with Gasteiger partial charge in [0.05, 0.1) is 11.0 Å². The van der Waals surface area contributed by atoms with Crippen LogP contribution in [0.2, 0.25) is 0 Å². The molecule has 8 heteroatoms. The number of amides is 1. The highest BCUT2D eigenvalue weighted by atomic mass is 79.9. The summed E-state index contributed by atoms with van der Waals surface area (Å²) in [6.07, 6.45) is 1.36. The van der Waals surface area contributed by atoms with Gasteiger partial charge in [-0.25, -0.2) is 9.18 Å². The second kappa shape index (κ2) is 7.48. The van der Waals surface area contributed by atoms with Crippen molar-refractivity contribution in [2.45, 2.75) is 18.3 Å². The molecule has 0 heterocycles. The lowest BCUT2D eigenvalue weighted by Gasteiger charge is -2.19. The Morgan fingerprint density at radius 3 is 2.48 bits per heavy atom. The lowest BCUT2D eigenvalue weighted by molar-refractivity contribution is -0.139. The summed E-state index contributed by atoms with van der Waals surface area (Å²) in [5.41, 5.74) is 0.258. The van der Waals surface area contributed by atoms with Crippen LogP contribution in [0.15, 0.2) is 46.9 Å². The van der Waals surface area contributed by atoms with Crippen LogP contribution in [0.5, 0.6) is 5.75 Å². The molecule has 140 valence electrons. The molecule has 1 aliphatic carbocycles. The molecule has 3 N–H and O–H groups in total. The SMILES string of the molecule is N=C(NC(=O)c1cc(Br)ccc1OCC(=O)O)C1(c2ccc(F)cc2)CC1. The molecular formula is C19H16BrFN2O4. The van der Waals surface area contributed by atoms with E-state index in [1.165, 1.54) is 24.3 Å². The summed E-state index contributed by atoms with van der Waals surface area (Å²) in [7, 11) is 0. The number of halogens is 2. The molecule has 3 rings (SSSR count). The zero-order valence-corrected chi connectivity index (χ0v) is 15.7. The molecule has 1 fully saturated rings. The van der Waals surface area contributed by atoms with E-state index in [0.717, 1.165) is 5.56 Å². The second-order valence-electron chi connectivity index (χ2n) is 6.24. The van der Waals surface area contributed by atoms with Crippen molar-refractivity contribution in [3.8, 4) is 5.75 Å². The van der Waals surface area contributed by atoms with Crippen LogP contribution in [0.4, 0.5) is 4.39 Å². The van der Waals surface area contributed by atoms with Gasteiger partial charge in [-0.05, 0) is 48.7 Å². The summed E-state index contributed by atoms with van der Waals surface area (Å²) < 4.78 is 18.9. The molecule has 0 radical (unpaired) electrons. The van der Waals surface area contributed by atoms with E-state index in [-0.39, 0.29) is 23.0 Å². The number of hydrogen-bond acceptors (Lipinski definition) is 4. The Morgan fingerprint density at radius 1 is 1.22 bits per heavy atom. The topological polar surface area (TPSA) is 99.5 Å². The number of benzene rings is 2. The summed E-state index contributed by atoms with van der Waals surface area (Å²) >= 11 is 3.27. The number of nitrogens with one attached hydrogen (secondary N) is 2. The van der Waals surface area contributed by atoms with Crippen molar-refractivity contribution in [3.63, 3.8) is 0 Å². The van der Waals surface area contributed by atoms with Crippen molar-refractivity contribution in [1.82, 2.24) is 5.32 Å². The van der Waals surface area contributed by atoms with Gasteiger partial charge < -0.3 is 15.2 Å². The van der Waals surface area contributed by atoms with E-state index >= 15 is 0 Å². The van der Waals surface area contributed by atoms with E-state index in [2.05, 4.69) is 21.2 Å². The molecule has 0 aromatic heterocycles. The third-order valence-corrected chi connectivity index (χ3v) is 4.89. The molecule has 1 aliphatic rings. The summed E-state index contributed by atoms with van der Waals surface area (Å²) in [5.74, 6) is -1.97. The van der Waals surface area contributed by atoms with Gasteiger partial charge in [0.2, 0.25) is 0 Å². The quantitative estimate of drug-likeness (QED) is 0.478. The van der Waals surface area contributed by atoms with Crippen LogP contribution < -0.4 is 10.1 Å². The highest BCUT2D eigenvalue weighted by Gasteiger charge is 2.49. The number of carboxylic acids is 1. The number of amidine groups is 1. The van der Waals surface area contributed by atoms with Crippen molar-refractivity contribution < 1.29 is 23.8 Å². The van der Waals surface area contributed by atoms with Gasteiger partial charge in [-0.2, -0.15) is 0 Å². The molecule has 2 aromatic carbocycles. The van der Waals surface area contributed by atoms with Crippen LogP contribution >= 0.6 is 15.9 Å². The molecule has 2 aromatic rings. The first-order valence-corrected chi connectivity index (χ1v) is 8.92. The smallest absolute Gasteiger partial charge is 0.341 e. The van der Waals surface area contributed by atoms with Crippen LogP contribution in [-0.4, -0.2) is 29.4 Å². The average Bonchev–Trinajstić information content (AvgIpc) is 3.43. The van der Waals surface area contributed by atoms with Gasteiger partial charge in [0.15, 0.2) is 6.61 Å². The van der Waals surface area contributed by atoms with E-state index in [1.54, 1.807) is 18.2 Å². The van der Waals surface area contributed by atoms with E-state index in [1.807, 2.05) is 0 Å². The Kier molecular flexibility index (Phi) is 5.27. The Balaban J connectivity index is 1.79. The number of hydrogen-bond donors (Lipinski definition) is 3. The van der Waals surface area contributed by atoms with Crippen LogP contribution in [0.25, 0.3) is 0 Å². The number of carbonyl (C=O) groups is 2. The maximum Gasteiger partial charge on any atom is 0.341 e. The Morgan fingerprint density at radius 2 is 1.89 bits per heavy atom. The van der Waals surface area contributed by atoms with Gasteiger partial charge >= 0.3 is 5.97 Å². The standard InChI is InChI=1S/C19H16BrFN2O4/c20-12-3-6-15(27-10-16(24)25)14(9-12)17(26)23-18(22)19(7-8-19)11-1-4-13(21)5-2-11/h1-6,9H,7-8,10H2,(H,24,25)(H2,22,23,26). The molecule has 1 saturated carbocycles. The highest BCUT2D eigenvalue weighted by Crippen LogP contribution is 2.48. The fraction of sp³-hybridized carbons (Fsp3) is 0.211. The summed E-state index contributed by atoms with van der Waals surface area (Å²) in [5, 5.41) is 19.7. The zero-order valence-electron chi connectivity index (χ0n) is 14.1. The second-order valence-corrected chi connectivity index (χ2v) is 7.16. The summed E-state index contributed by atoms with van der Waals surface area (Å²) in [6.45, 7) is -0.584. The average molecular weight is 435 g/mol. The minimum atomic E-state index is -1.16. The van der Waals surface area contributed by atoms with Gasteiger partial charge in [0.25, 0.3) is 5.91 Å². The van der Waals surface area contributed by atoms with Gasteiger partial charge in [-0.15, -0.1) is 0 Å². The Hall–Kier alpha value is -2.74. The first kappa shape index (κ1) is 19.0. The Labute approximate surface area is 163 Å². The van der Waals surface area contributed by atoms with Crippen molar-refractivity contribution in [2.24, 2.45) is 0 Å². The molecule has 0 atom stereocenters. The van der Waals surface area contributed by atoms with Gasteiger partial charge in [-0.3, -0.25) is 10.2 Å². The van der Waals surface area contributed by atoms with Gasteiger partial charge in [0, 0.05) is 4.47 Å². The maximum atomic E-state index is 13.2. The maximum absolute atomic E-state index is 13.2. The predicted molar refractivity (Wildman–Crippen MR) is 99.8 cm³/mol. The lowest BCUT2D eigenvalue weighted by Crippen LogP contribution is -2.38. The van der Waals surface area contributed by atoms with Gasteiger partial charge in [-0.1, -0.05) is 28.1 Å². The minimum absolute atomic E-state index is 0.0169. The minimum Gasteiger partial charge on any atom is -0.481 e. The lowest BCUT2D eigenvalue weighted by atomic mass is 9.94. The van der Waals surface area contributed by atoms with Gasteiger partial charge in [0.1, 0.15) is 17.4 Å². The summed E-state index contributed by atoms with van der Waals surface area (Å²) in [6, 6.07) is 10.5.